The molecule has 7 heteroatoms. The van der Waals surface area contributed by atoms with E-state index >= 15 is 0 Å². The van der Waals surface area contributed by atoms with Crippen molar-refractivity contribution < 1.29 is 9.90 Å². The number of carbonyl (C=O) groups is 1. The molecule has 0 fully saturated rings. The molecule has 0 bridgehead atoms. The van der Waals surface area contributed by atoms with Crippen molar-refractivity contribution in [1.82, 2.24) is 19.6 Å². The van der Waals surface area contributed by atoms with Gasteiger partial charge in [0.1, 0.15) is 5.82 Å². The van der Waals surface area contributed by atoms with E-state index in [1.807, 2.05) is 13.1 Å². The highest BCUT2D eigenvalue weighted by Gasteiger charge is 2.26. The number of aromatic carboxylic acids is 1. The van der Waals surface area contributed by atoms with Gasteiger partial charge in [-0.2, -0.15) is 10.2 Å². The minimum atomic E-state index is -1.01. The van der Waals surface area contributed by atoms with E-state index in [1.54, 1.807) is 21.6 Å². The normalized spacial score (nSPS) is 18.2. The van der Waals surface area contributed by atoms with Gasteiger partial charge in [-0.3, -0.25) is 4.68 Å². The molecule has 0 radical (unpaired) electrons. The highest BCUT2D eigenvalue weighted by Crippen LogP contribution is 2.29. The van der Waals surface area contributed by atoms with E-state index in [0.717, 1.165) is 24.5 Å². The Kier molecular flexibility index (Phi) is 2.32. The molecule has 0 saturated heterocycles. The van der Waals surface area contributed by atoms with E-state index in [2.05, 4.69) is 15.5 Å². The molecule has 0 aliphatic carbocycles. The van der Waals surface area contributed by atoms with Gasteiger partial charge in [0.2, 0.25) is 0 Å². The molecule has 0 amide bonds. The zero-order chi connectivity index (χ0) is 12.7. The summed E-state index contributed by atoms with van der Waals surface area (Å²) in [5.74, 6) is -0.271. The van der Waals surface area contributed by atoms with Gasteiger partial charge in [-0.1, -0.05) is 0 Å². The third-order valence-electron chi connectivity index (χ3n) is 3.17. The predicted molar refractivity (Wildman–Crippen MR) is 63.6 cm³/mol. The Morgan fingerprint density at radius 2 is 2.44 bits per heavy atom. The van der Waals surface area contributed by atoms with Crippen LogP contribution in [0.4, 0.5) is 5.82 Å². The Labute approximate surface area is 103 Å². The number of anilines is 1. The molecule has 2 aromatic rings. The van der Waals surface area contributed by atoms with Gasteiger partial charge < -0.3 is 10.4 Å². The molecule has 3 rings (SSSR count). The van der Waals surface area contributed by atoms with Crippen LogP contribution >= 0.6 is 0 Å². The zero-order valence-electron chi connectivity index (χ0n) is 9.87. The molecule has 2 aromatic heterocycles. The molecule has 0 spiro atoms. The number of carboxylic acid groups (broad SMARTS) is 1. The first-order chi connectivity index (χ1) is 8.66. The average Bonchev–Trinajstić information content (AvgIpc) is 2.94. The van der Waals surface area contributed by atoms with Crippen molar-refractivity contribution in [3.05, 3.63) is 29.7 Å². The standard InChI is InChI=1S/C11H13N5O2/c1-15-8(3-5-13-15)9-2-4-12-10-6-7(11(17)18)14-16(9)10/h3,5-6,9,12H,2,4H2,1H3,(H,17,18). The van der Waals surface area contributed by atoms with Crippen LogP contribution in [0.3, 0.4) is 0 Å². The number of aromatic nitrogens is 4. The van der Waals surface area contributed by atoms with Gasteiger partial charge in [-0.05, 0) is 12.5 Å². The first-order valence-electron chi connectivity index (χ1n) is 5.71. The summed E-state index contributed by atoms with van der Waals surface area (Å²) in [6, 6.07) is 3.52. The summed E-state index contributed by atoms with van der Waals surface area (Å²) in [5.41, 5.74) is 1.09. The largest absolute Gasteiger partial charge is 0.476 e. The quantitative estimate of drug-likeness (QED) is 0.816. The third-order valence-corrected chi connectivity index (χ3v) is 3.17. The number of nitrogens with one attached hydrogen (secondary N) is 1. The molecule has 7 nitrogen and oxygen atoms in total. The first-order valence-corrected chi connectivity index (χ1v) is 5.71. The second-order valence-corrected chi connectivity index (χ2v) is 4.28. The van der Waals surface area contributed by atoms with Gasteiger partial charge in [0.05, 0.1) is 11.7 Å². The van der Waals surface area contributed by atoms with Crippen LogP contribution in [0.2, 0.25) is 0 Å². The Balaban J connectivity index is 2.06. The third kappa shape index (κ3) is 1.55. The van der Waals surface area contributed by atoms with Gasteiger partial charge in [-0.15, -0.1) is 0 Å². The summed E-state index contributed by atoms with van der Waals surface area (Å²) in [6.07, 6.45) is 2.59. The molecular formula is C11H13N5O2. The topological polar surface area (TPSA) is 85.0 Å². The number of nitrogens with zero attached hydrogens (tertiary/aromatic N) is 4. The van der Waals surface area contributed by atoms with Crippen LogP contribution in [-0.2, 0) is 7.05 Å². The van der Waals surface area contributed by atoms with Gasteiger partial charge >= 0.3 is 5.97 Å². The van der Waals surface area contributed by atoms with Crippen molar-refractivity contribution in [3.8, 4) is 0 Å². The van der Waals surface area contributed by atoms with Crippen molar-refractivity contribution in [3.63, 3.8) is 0 Å². The smallest absolute Gasteiger partial charge is 0.356 e. The number of fused-ring (bicyclic) bond motifs is 1. The molecule has 1 aliphatic rings. The maximum absolute atomic E-state index is 11.0. The van der Waals surface area contributed by atoms with Crippen molar-refractivity contribution in [2.45, 2.75) is 12.5 Å². The molecular weight excluding hydrogens is 234 g/mol. The van der Waals surface area contributed by atoms with Crippen LogP contribution < -0.4 is 5.32 Å². The van der Waals surface area contributed by atoms with Crippen LogP contribution in [0.1, 0.15) is 28.6 Å². The highest BCUT2D eigenvalue weighted by molar-refractivity contribution is 5.86. The fourth-order valence-corrected chi connectivity index (χ4v) is 2.31. The van der Waals surface area contributed by atoms with E-state index in [4.69, 9.17) is 5.11 Å². The van der Waals surface area contributed by atoms with Gasteiger partial charge in [0.15, 0.2) is 5.69 Å². The minimum absolute atomic E-state index is 0.0295. The maximum atomic E-state index is 11.0. The Bertz CT molecular complexity index is 600. The van der Waals surface area contributed by atoms with Crippen LogP contribution in [0, 0.1) is 0 Å². The van der Waals surface area contributed by atoms with E-state index < -0.39 is 5.97 Å². The first kappa shape index (κ1) is 10.8. The summed E-state index contributed by atoms with van der Waals surface area (Å²) >= 11 is 0. The molecule has 1 unspecified atom stereocenters. The number of rotatable bonds is 2. The van der Waals surface area contributed by atoms with Gasteiger partial charge in [-0.25, -0.2) is 9.48 Å². The molecule has 1 atom stereocenters. The molecule has 1 aliphatic heterocycles. The fourth-order valence-electron chi connectivity index (χ4n) is 2.31. The Morgan fingerprint density at radius 3 is 3.11 bits per heavy atom. The van der Waals surface area contributed by atoms with E-state index in [0.29, 0.717) is 0 Å². The van der Waals surface area contributed by atoms with Crippen LogP contribution in [0.25, 0.3) is 0 Å². The summed E-state index contributed by atoms with van der Waals surface area (Å²) in [5, 5.41) is 20.4. The molecule has 18 heavy (non-hydrogen) atoms. The van der Waals surface area contributed by atoms with Crippen molar-refractivity contribution in [1.29, 1.82) is 0 Å². The van der Waals surface area contributed by atoms with Crippen molar-refractivity contribution in [2.75, 3.05) is 11.9 Å². The fraction of sp³-hybridized carbons (Fsp3) is 0.364. The summed E-state index contributed by atoms with van der Waals surface area (Å²) < 4.78 is 3.52. The van der Waals surface area contributed by atoms with E-state index in [9.17, 15) is 4.79 Å². The lowest BCUT2D eigenvalue weighted by molar-refractivity contribution is 0.0689. The Hall–Kier alpha value is -2.31. The number of carboxylic acids is 1. The number of hydrogen-bond acceptors (Lipinski definition) is 4. The summed E-state index contributed by atoms with van der Waals surface area (Å²) in [4.78, 5) is 11.0. The predicted octanol–water partition coefficient (Wildman–Crippen LogP) is 0.720. The monoisotopic (exact) mass is 247 g/mol. The Morgan fingerprint density at radius 1 is 1.61 bits per heavy atom. The SMILES string of the molecule is Cn1nccc1C1CCNc2cc(C(=O)O)nn21. The lowest BCUT2D eigenvalue weighted by atomic mass is 10.1. The minimum Gasteiger partial charge on any atom is -0.476 e. The van der Waals surface area contributed by atoms with E-state index in [1.165, 1.54) is 0 Å². The van der Waals surface area contributed by atoms with Crippen LogP contribution in [0.5, 0.6) is 0 Å². The maximum Gasteiger partial charge on any atom is 0.356 e. The summed E-state index contributed by atoms with van der Waals surface area (Å²) in [7, 11) is 1.87. The van der Waals surface area contributed by atoms with E-state index in [-0.39, 0.29) is 11.7 Å². The van der Waals surface area contributed by atoms with Gasteiger partial charge in [0.25, 0.3) is 0 Å². The number of aryl methyl sites for hydroxylation is 1. The average molecular weight is 247 g/mol. The van der Waals surface area contributed by atoms with Gasteiger partial charge in [0, 0.05) is 25.9 Å². The zero-order valence-corrected chi connectivity index (χ0v) is 9.87. The second kappa shape index (κ2) is 3.86. The lowest BCUT2D eigenvalue weighted by Gasteiger charge is -2.25. The van der Waals surface area contributed by atoms with Crippen LogP contribution in [0.15, 0.2) is 18.3 Å². The summed E-state index contributed by atoms with van der Waals surface area (Å²) in [6.45, 7) is 0.792. The molecule has 94 valence electrons. The van der Waals surface area contributed by atoms with Crippen LogP contribution in [-0.4, -0.2) is 37.2 Å². The second-order valence-electron chi connectivity index (χ2n) is 4.28. The molecule has 0 saturated carbocycles. The lowest BCUT2D eigenvalue weighted by Crippen LogP contribution is -2.26. The molecule has 3 heterocycles. The number of hydrogen-bond donors (Lipinski definition) is 2. The van der Waals surface area contributed by atoms with Crippen molar-refractivity contribution in [2.24, 2.45) is 7.05 Å². The van der Waals surface area contributed by atoms with Crippen molar-refractivity contribution >= 4 is 11.8 Å². The highest BCUT2D eigenvalue weighted by atomic mass is 16.4. The molecule has 2 N–H and O–H groups in total. The molecule has 0 aromatic carbocycles.